The number of fused-ring (bicyclic) bond motifs is 2. The highest BCUT2D eigenvalue weighted by Crippen LogP contribution is 2.40. The zero-order chi connectivity index (χ0) is 65.4. The minimum absolute atomic E-state index is 0. The fraction of sp³-hybridized carbons (Fsp3) is 0.300. The molecule has 88 heavy (non-hydrogen) atoms. The highest BCUT2D eigenvalue weighted by atomic mass is 79.9. The number of hydrazine groups is 2. The van der Waals surface area contributed by atoms with E-state index >= 15 is 0 Å². The van der Waals surface area contributed by atoms with Crippen LogP contribution in [0.2, 0.25) is 0 Å². The number of nitrogens with two attached hydrogens (primary N) is 1. The predicted octanol–water partition coefficient (Wildman–Crippen LogP) is 18.4. The molecule has 476 valence electrons. The highest BCUT2D eigenvalue weighted by Gasteiger charge is 2.17. The lowest BCUT2D eigenvalue weighted by atomic mass is 10.2. The molecule has 0 radical (unpaired) electrons. The van der Waals surface area contributed by atoms with Gasteiger partial charge in [0.25, 0.3) is 0 Å². The van der Waals surface area contributed by atoms with Gasteiger partial charge in [-0.05, 0) is 182 Å². The van der Waals surface area contributed by atoms with Crippen LogP contribution in [0.25, 0.3) is 11.3 Å². The molecule has 28 heteroatoms. The smallest absolute Gasteiger partial charge is 0.305 e. The summed E-state index contributed by atoms with van der Waals surface area (Å²) in [6, 6.07) is 25.0. The third-order valence-corrected chi connectivity index (χ3v) is 17.4. The predicted molar refractivity (Wildman–Crippen MR) is 355 cm³/mol. The molecular formula is C60H70Br3ClF6N12O3S3. The van der Waals surface area contributed by atoms with Crippen LogP contribution in [0.15, 0.2) is 136 Å². The highest BCUT2D eigenvalue weighted by molar-refractivity contribution is 9.11. The summed E-state index contributed by atoms with van der Waals surface area (Å²) in [6.45, 7) is 27.1. The van der Waals surface area contributed by atoms with E-state index in [-0.39, 0.29) is 45.9 Å². The molecule has 6 heterocycles. The Kier molecular flexibility index (Phi) is 34.3. The number of carboxylic acid groups (broad SMARTS) is 1. The van der Waals surface area contributed by atoms with Crippen LogP contribution in [0, 0.1) is 74.4 Å². The van der Waals surface area contributed by atoms with E-state index in [1.165, 1.54) is 36.0 Å². The Balaban J connectivity index is 0.000000369. The number of amides is 1. The molecule has 0 aliphatic rings. The lowest BCUT2D eigenvalue weighted by Gasteiger charge is -2.11. The lowest BCUT2D eigenvalue weighted by molar-refractivity contribution is -0.140. The number of carboxylic acids is 1. The van der Waals surface area contributed by atoms with Crippen molar-refractivity contribution >= 4 is 128 Å². The van der Waals surface area contributed by atoms with Crippen molar-refractivity contribution in [2.45, 2.75) is 128 Å². The van der Waals surface area contributed by atoms with E-state index in [2.05, 4.69) is 133 Å². The number of aryl methyl sites for hydroxylation is 4. The van der Waals surface area contributed by atoms with Gasteiger partial charge in [0.2, 0.25) is 5.91 Å². The van der Waals surface area contributed by atoms with Crippen LogP contribution in [0.4, 0.5) is 38.0 Å². The number of hydrogen-bond donors (Lipinski definition) is 5. The van der Waals surface area contributed by atoms with Gasteiger partial charge in [-0.2, -0.15) is 0 Å². The van der Waals surface area contributed by atoms with Crippen LogP contribution in [-0.4, -0.2) is 56.1 Å². The maximum Gasteiger partial charge on any atom is 0.305 e. The number of anilines is 2. The summed E-state index contributed by atoms with van der Waals surface area (Å²) in [7, 11) is 1.88. The van der Waals surface area contributed by atoms with Crippen molar-refractivity contribution in [3.05, 3.63) is 186 Å². The Morgan fingerprint density at radius 1 is 0.523 bits per heavy atom. The number of rotatable bonds is 12. The zero-order valence-electron chi connectivity index (χ0n) is 50.6. The first kappa shape index (κ1) is 78.2. The van der Waals surface area contributed by atoms with Gasteiger partial charge in [0.05, 0.1) is 27.1 Å². The Labute approximate surface area is 552 Å². The number of carbonyl (C=O) groups excluding carboxylic acids is 1. The molecule has 0 saturated heterocycles. The van der Waals surface area contributed by atoms with E-state index in [4.69, 9.17) is 10.9 Å². The summed E-state index contributed by atoms with van der Waals surface area (Å²) < 4.78 is 85.8. The van der Waals surface area contributed by atoms with E-state index in [1.54, 1.807) is 26.0 Å². The number of benzene rings is 3. The molecule has 6 N–H and O–H groups in total. The molecule has 9 aromatic rings. The van der Waals surface area contributed by atoms with Crippen LogP contribution < -0.4 is 22.1 Å². The van der Waals surface area contributed by atoms with Gasteiger partial charge >= 0.3 is 5.97 Å². The molecule has 0 aliphatic heterocycles. The summed E-state index contributed by atoms with van der Waals surface area (Å²) in [4.78, 5) is 30.9. The fourth-order valence-corrected chi connectivity index (χ4v) is 10.2. The van der Waals surface area contributed by atoms with Gasteiger partial charge in [-0.1, -0.05) is 81.0 Å². The average Bonchev–Trinajstić information content (AvgIpc) is 3.05. The summed E-state index contributed by atoms with van der Waals surface area (Å²) in [5.74, 6) is 3.98. The molecular weight excluding hydrogens is 1420 g/mol. The minimum atomic E-state index is -0.741. The molecule has 0 aliphatic carbocycles. The molecule has 0 fully saturated rings. The molecule has 0 bridgehead atoms. The van der Waals surface area contributed by atoms with Gasteiger partial charge in [0.15, 0.2) is 11.3 Å². The molecule has 9 rings (SSSR count). The normalized spacial score (nSPS) is 10.4. The second-order valence-electron chi connectivity index (χ2n) is 19.3. The van der Waals surface area contributed by atoms with Gasteiger partial charge in [0, 0.05) is 70.5 Å². The largest absolute Gasteiger partial charge is 0.481 e. The number of nitrogens with zero attached hydrogens (tertiary/aromatic N) is 8. The van der Waals surface area contributed by atoms with Crippen LogP contribution >= 0.6 is 93.5 Å². The Morgan fingerprint density at radius 3 is 1.28 bits per heavy atom. The van der Waals surface area contributed by atoms with Gasteiger partial charge in [-0.3, -0.25) is 29.2 Å². The van der Waals surface area contributed by atoms with Gasteiger partial charge in [0.1, 0.15) is 58.2 Å². The first-order valence-electron chi connectivity index (χ1n) is 26.8. The topological polar surface area (TPSA) is 203 Å². The van der Waals surface area contributed by atoms with Gasteiger partial charge < -0.3 is 10.5 Å². The van der Waals surface area contributed by atoms with Gasteiger partial charge in [-0.25, -0.2) is 42.2 Å². The van der Waals surface area contributed by atoms with E-state index in [1.807, 2.05) is 89.3 Å². The van der Waals surface area contributed by atoms with Crippen LogP contribution in [0.1, 0.15) is 115 Å². The number of aromatic nitrogens is 8. The Hall–Kier alpha value is -5.94. The molecule has 0 spiro atoms. The van der Waals surface area contributed by atoms with Crippen molar-refractivity contribution in [3.8, 4) is 0 Å². The van der Waals surface area contributed by atoms with Crippen molar-refractivity contribution in [2.75, 3.05) is 10.9 Å². The number of nitrogens with one attached hydrogen (secondary N) is 3. The van der Waals surface area contributed by atoms with Gasteiger partial charge in [-0.15, -0.1) is 32.8 Å². The summed E-state index contributed by atoms with van der Waals surface area (Å²) in [6.07, 6.45) is 0. The van der Waals surface area contributed by atoms with Crippen molar-refractivity contribution in [2.24, 2.45) is 17.7 Å². The van der Waals surface area contributed by atoms with Crippen LogP contribution in [-0.2, 0) is 9.59 Å². The fourth-order valence-electron chi connectivity index (χ4n) is 6.49. The lowest BCUT2D eigenvalue weighted by Crippen LogP contribution is -2.33. The quantitative estimate of drug-likeness (QED) is 0.0334. The Morgan fingerprint density at radius 2 is 0.898 bits per heavy atom. The third-order valence-electron chi connectivity index (χ3n) is 11.2. The first-order valence-corrected chi connectivity index (χ1v) is 32.1. The van der Waals surface area contributed by atoms with E-state index < -0.39 is 40.9 Å². The number of halogens is 10. The molecule has 0 saturated carbocycles. The average molecular weight is 1490 g/mol. The van der Waals surface area contributed by atoms with E-state index in [9.17, 15) is 35.9 Å². The molecule has 0 unspecified atom stereocenters. The van der Waals surface area contributed by atoms with Crippen molar-refractivity contribution in [3.63, 3.8) is 0 Å². The maximum absolute atomic E-state index is 13.8. The zero-order valence-corrected chi connectivity index (χ0v) is 58.6. The molecule has 6 aromatic heterocycles. The summed E-state index contributed by atoms with van der Waals surface area (Å²) in [5, 5.41) is 24.7. The molecule has 0 atom stereocenters. The molecule has 1 amide bonds. The number of carbonyl (C=O) groups is 2. The van der Waals surface area contributed by atoms with Crippen LogP contribution in [0.3, 0.4) is 0 Å². The maximum atomic E-state index is 13.8. The van der Waals surface area contributed by atoms with Crippen molar-refractivity contribution in [1.29, 1.82) is 0 Å². The van der Waals surface area contributed by atoms with Crippen molar-refractivity contribution in [1.82, 2.24) is 44.6 Å². The molecule has 15 nitrogen and oxygen atoms in total. The van der Waals surface area contributed by atoms with E-state index in [0.29, 0.717) is 22.4 Å². The second-order valence-corrected chi connectivity index (χ2v) is 25.1. The van der Waals surface area contributed by atoms with Crippen LogP contribution in [0.5, 0.6) is 0 Å². The number of aliphatic carboxylic acids is 1. The third kappa shape index (κ3) is 24.5. The number of nitrogen functional groups attached to an aromatic ring is 1. The minimum Gasteiger partial charge on any atom is -0.481 e. The molecule has 3 aromatic carbocycles. The second kappa shape index (κ2) is 38.6. The number of hydrogen-bond acceptors (Lipinski definition) is 14. The monoisotopic (exact) mass is 1490 g/mol. The van der Waals surface area contributed by atoms with Crippen molar-refractivity contribution < 1.29 is 41.0 Å². The first-order chi connectivity index (χ1) is 41.0. The number of pyridine rings is 4. The summed E-state index contributed by atoms with van der Waals surface area (Å²) in [5.41, 5.74) is 13.4. The Bertz CT molecular complexity index is 3670. The standard InChI is InChI=1S/C16H15F2N3S.C12H6F4S2.C10H14BrN3O.C10H12BrN3.C6H8BrN3.C4H8O2.C2H6.ClH/c1-9(2)16-20-19-15-7-6-13(10(3)21(15)16)22-14-5-4-11(17)8-12(14)18;13-7-1-3-11(9(15)5-7)17-18-12-4-2-8(14)6-10(12)16;1-6(2)10(15)14-13-9-5-4-8(11)7(3)12-9;1-6(2)10-13-12-9-5-4-8(11)7(3)14(9)10;1-4-5(7)2-3-6(9-4)10-8;1-3(2)4(5)6;1-2;/h4-9H,1-3H3;1-6H;4-6H,1-3H3,(H,12,13)(H,14,15);4-6H,1-3H3;2-3H,8H2,1H3,(H,9,10);3H,1-2H3,(H,5,6);1-2H3;1H. The summed E-state index contributed by atoms with van der Waals surface area (Å²) >= 11 is 11.5. The van der Waals surface area contributed by atoms with E-state index in [0.717, 1.165) is 116 Å². The SMILES string of the molecule is CC.CC(C)C(=O)O.Cc1c(Br)ccc2nnc(C(C)C)n12.Cc1c(Sc2ccc(F)cc2F)ccc2nnc(C(C)C)n12.Cc1nc(NN)ccc1Br.Cc1nc(NNC(=O)C(C)C)ccc1Br.Cl.Fc1ccc(SSc2ccc(F)cc2F)c(F)c1.